The number of carbonyl (C=O) groups is 2. The number of rotatable bonds is 3. The first kappa shape index (κ1) is 14.5. The van der Waals surface area contributed by atoms with Crippen LogP contribution in [0.1, 0.15) is 37.4 Å². The third-order valence-corrected chi connectivity index (χ3v) is 2.69. The summed E-state index contributed by atoms with van der Waals surface area (Å²) < 4.78 is 9.95. The number of carbonyl (C=O) groups excluding carboxylic acids is 2. The van der Waals surface area contributed by atoms with Crippen LogP contribution in [0.4, 0.5) is 9.80 Å². The van der Waals surface area contributed by atoms with Crippen molar-refractivity contribution in [3.8, 4) is 0 Å². The lowest BCUT2D eigenvalue weighted by molar-refractivity contribution is 0.0531. The molecule has 0 aliphatic heterocycles. The van der Waals surface area contributed by atoms with Crippen LogP contribution in [0, 0.1) is 0 Å². The molecule has 0 atom stereocenters. The maximum atomic E-state index is 11.5. The lowest BCUT2D eigenvalue weighted by Gasteiger charge is -2.19. The van der Waals surface area contributed by atoms with Crippen molar-refractivity contribution in [1.82, 2.24) is 0 Å². The molecule has 0 fully saturated rings. The Labute approximate surface area is 110 Å². The van der Waals surface area contributed by atoms with Gasteiger partial charge in [0.05, 0.1) is 11.6 Å². The van der Waals surface area contributed by atoms with Gasteiger partial charge in [-0.15, -0.1) is 11.3 Å². The zero-order valence-electron chi connectivity index (χ0n) is 10.9. The largest absolute Gasteiger partial charge is 0.462 e. The Balaban J connectivity index is 2.59. The van der Waals surface area contributed by atoms with E-state index in [0.29, 0.717) is 16.5 Å². The Kier molecular flexibility index (Phi) is 4.72. The molecule has 1 rings (SSSR count). The van der Waals surface area contributed by atoms with Gasteiger partial charge in [-0.05, 0) is 39.8 Å². The van der Waals surface area contributed by atoms with E-state index >= 15 is 0 Å². The SMILES string of the molecule is CCOC(=O)c1ccc(NC(=O)OC(C)(C)C)s1. The molecule has 0 saturated heterocycles. The third-order valence-electron chi connectivity index (χ3n) is 1.71. The summed E-state index contributed by atoms with van der Waals surface area (Å²) in [5, 5.41) is 3.11. The molecule has 0 bridgehead atoms. The minimum atomic E-state index is -0.550. The van der Waals surface area contributed by atoms with Crippen LogP contribution < -0.4 is 5.32 Å². The maximum absolute atomic E-state index is 11.5. The fourth-order valence-electron chi connectivity index (χ4n) is 1.12. The highest BCUT2D eigenvalue weighted by Crippen LogP contribution is 2.23. The van der Waals surface area contributed by atoms with E-state index in [9.17, 15) is 9.59 Å². The molecule has 0 saturated carbocycles. The zero-order chi connectivity index (χ0) is 13.8. The number of nitrogens with one attached hydrogen (secondary N) is 1. The summed E-state index contributed by atoms with van der Waals surface area (Å²) in [5.41, 5.74) is -0.550. The van der Waals surface area contributed by atoms with Gasteiger partial charge >= 0.3 is 12.1 Å². The molecule has 1 N–H and O–H groups in total. The molecule has 100 valence electrons. The highest BCUT2D eigenvalue weighted by Gasteiger charge is 2.17. The lowest BCUT2D eigenvalue weighted by atomic mass is 10.2. The van der Waals surface area contributed by atoms with E-state index in [1.165, 1.54) is 0 Å². The predicted molar refractivity (Wildman–Crippen MR) is 70.1 cm³/mol. The van der Waals surface area contributed by atoms with E-state index in [1.54, 1.807) is 39.8 Å². The highest BCUT2D eigenvalue weighted by atomic mass is 32.1. The van der Waals surface area contributed by atoms with Gasteiger partial charge in [-0.25, -0.2) is 9.59 Å². The molecule has 0 radical (unpaired) electrons. The first-order valence-electron chi connectivity index (χ1n) is 5.59. The predicted octanol–water partition coefficient (Wildman–Crippen LogP) is 3.27. The summed E-state index contributed by atoms with van der Waals surface area (Å²) in [5.74, 6) is -0.389. The van der Waals surface area contributed by atoms with Crippen molar-refractivity contribution in [1.29, 1.82) is 0 Å². The fourth-order valence-corrected chi connectivity index (χ4v) is 1.91. The third kappa shape index (κ3) is 4.75. The van der Waals surface area contributed by atoms with Crippen molar-refractivity contribution in [3.05, 3.63) is 17.0 Å². The Morgan fingerprint density at radius 1 is 1.33 bits per heavy atom. The highest BCUT2D eigenvalue weighted by molar-refractivity contribution is 7.18. The first-order valence-corrected chi connectivity index (χ1v) is 6.40. The van der Waals surface area contributed by atoms with Gasteiger partial charge in [0.2, 0.25) is 0 Å². The van der Waals surface area contributed by atoms with E-state index in [1.807, 2.05) is 0 Å². The smallest absolute Gasteiger partial charge is 0.412 e. The summed E-state index contributed by atoms with van der Waals surface area (Å²) in [6.45, 7) is 7.41. The van der Waals surface area contributed by atoms with Crippen LogP contribution in [0.2, 0.25) is 0 Å². The first-order chi connectivity index (χ1) is 8.31. The number of ether oxygens (including phenoxy) is 2. The van der Waals surface area contributed by atoms with Gasteiger partial charge in [0.15, 0.2) is 0 Å². The maximum Gasteiger partial charge on any atom is 0.412 e. The molecule has 18 heavy (non-hydrogen) atoms. The van der Waals surface area contributed by atoms with Crippen LogP contribution in [0.15, 0.2) is 12.1 Å². The molecule has 0 spiro atoms. The van der Waals surface area contributed by atoms with Gasteiger partial charge in [-0.2, -0.15) is 0 Å². The van der Waals surface area contributed by atoms with Gasteiger partial charge in [0.1, 0.15) is 10.5 Å². The Hall–Kier alpha value is -1.56. The van der Waals surface area contributed by atoms with E-state index in [0.717, 1.165) is 11.3 Å². The van der Waals surface area contributed by atoms with Crippen LogP contribution in [-0.2, 0) is 9.47 Å². The van der Waals surface area contributed by atoms with E-state index < -0.39 is 11.7 Å². The second kappa shape index (κ2) is 5.86. The number of anilines is 1. The van der Waals surface area contributed by atoms with Gasteiger partial charge in [0, 0.05) is 0 Å². The van der Waals surface area contributed by atoms with Gasteiger partial charge in [-0.1, -0.05) is 0 Å². The van der Waals surface area contributed by atoms with Crippen molar-refractivity contribution in [2.24, 2.45) is 0 Å². The Morgan fingerprint density at radius 3 is 2.56 bits per heavy atom. The summed E-state index contributed by atoms with van der Waals surface area (Å²) >= 11 is 1.15. The number of hydrogen-bond donors (Lipinski definition) is 1. The summed E-state index contributed by atoms with van der Waals surface area (Å²) in [4.78, 5) is 23.4. The topological polar surface area (TPSA) is 64.6 Å². The molecule has 0 unspecified atom stereocenters. The molecule has 0 aliphatic rings. The van der Waals surface area contributed by atoms with Gasteiger partial charge < -0.3 is 9.47 Å². The standard InChI is InChI=1S/C12H17NO4S/c1-5-16-10(14)8-6-7-9(18-8)13-11(15)17-12(2,3)4/h6-7H,5H2,1-4H3,(H,13,15). The molecular weight excluding hydrogens is 254 g/mol. The molecule has 1 amide bonds. The quantitative estimate of drug-likeness (QED) is 0.857. The second-order valence-corrected chi connectivity index (χ2v) is 5.60. The van der Waals surface area contributed by atoms with E-state index in [2.05, 4.69) is 5.32 Å². The number of amides is 1. The monoisotopic (exact) mass is 271 g/mol. The van der Waals surface area contributed by atoms with Crippen molar-refractivity contribution in [2.75, 3.05) is 11.9 Å². The average Bonchev–Trinajstić information content (AvgIpc) is 2.63. The minimum Gasteiger partial charge on any atom is -0.462 e. The summed E-state index contributed by atoms with van der Waals surface area (Å²) in [6.07, 6.45) is -0.542. The number of hydrogen-bond acceptors (Lipinski definition) is 5. The molecule has 1 heterocycles. The summed E-state index contributed by atoms with van der Waals surface area (Å²) in [7, 11) is 0. The number of esters is 1. The number of thiophene rings is 1. The van der Waals surface area contributed by atoms with E-state index in [-0.39, 0.29) is 5.97 Å². The van der Waals surface area contributed by atoms with Crippen molar-refractivity contribution < 1.29 is 19.1 Å². The Bertz CT molecular complexity index is 434. The minimum absolute atomic E-state index is 0.325. The molecule has 1 aromatic rings. The lowest BCUT2D eigenvalue weighted by Crippen LogP contribution is -2.26. The van der Waals surface area contributed by atoms with Crippen LogP contribution in [0.3, 0.4) is 0 Å². The van der Waals surface area contributed by atoms with Crippen LogP contribution in [0.25, 0.3) is 0 Å². The van der Waals surface area contributed by atoms with Crippen molar-refractivity contribution >= 4 is 28.4 Å². The zero-order valence-corrected chi connectivity index (χ0v) is 11.7. The molecule has 0 aliphatic carbocycles. The summed E-state index contributed by atoms with van der Waals surface area (Å²) in [6, 6.07) is 3.25. The Morgan fingerprint density at radius 2 is 2.00 bits per heavy atom. The molecular formula is C12H17NO4S. The molecule has 1 aromatic heterocycles. The molecule has 6 heteroatoms. The van der Waals surface area contributed by atoms with Gasteiger partial charge in [0.25, 0.3) is 0 Å². The van der Waals surface area contributed by atoms with Crippen molar-refractivity contribution in [2.45, 2.75) is 33.3 Å². The van der Waals surface area contributed by atoms with Crippen molar-refractivity contribution in [3.63, 3.8) is 0 Å². The van der Waals surface area contributed by atoms with Gasteiger partial charge in [-0.3, -0.25) is 5.32 Å². The van der Waals surface area contributed by atoms with Crippen LogP contribution >= 0.6 is 11.3 Å². The normalized spacial score (nSPS) is 10.9. The average molecular weight is 271 g/mol. The van der Waals surface area contributed by atoms with E-state index in [4.69, 9.17) is 9.47 Å². The van der Waals surface area contributed by atoms with Crippen LogP contribution in [0.5, 0.6) is 0 Å². The second-order valence-electron chi connectivity index (χ2n) is 4.51. The van der Waals surface area contributed by atoms with Crippen LogP contribution in [-0.4, -0.2) is 24.3 Å². The molecule has 0 aromatic carbocycles. The molecule has 5 nitrogen and oxygen atoms in total. The fraction of sp³-hybridized carbons (Fsp3) is 0.500.